The molecule has 18 heavy (non-hydrogen) atoms. The lowest BCUT2D eigenvalue weighted by Crippen LogP contribution is -2.05. The van der Waals surface area contributed by atoms with E-state index in [1.807, 2.05) is 0 Å². The number of alkyl halides is 3. The fraction of sp³-hybridized carbons (Fsp3) is 0.222. The van der Waals surface area contributed by atoms with E-state index in [1.54, 1.807) is 0 Å². The number of hydrogen-bond donors (Lipinski definition) is 0. The predicted molar refractivity (Wildman–Crippen MR) is 60.8 cm³/mol. The average Bonchev–Trinajstić information content (AvgIpc) is 2.11. The van der Waals surface area contributed by atoms with Gasteiger partial charge in [0, 0.05) is 15.6 Å². The molecule has 9 heteroatoms. The van der Waals surface area contributed by atoms with Gasteiger partial charge in [0.1, 0.15) is 11.0 Å². The number of hydrogen-bond acceptors (Lipinski definition) is 4. The average molecular weight is 316 g/mol. The maximum absolute atomic E-state index is 12.3. The molecule has 0 fully saturated rings. The summed E-state index contributed by atoms with van der Waals surface area (Å²) in [4.78, 5) is -1.41. The summed E-state index contributed by atoms with van der Waals surface area (Å²) in [5, 5.41) is 8.77. The topological polar surface area (TPSA) is 57.9 Å². The Labute approximate surface area is 110 Å². The van der Waals surface area contributed by atoms with Crippen LogP contribution in [-0.4, -0.2) is 13.9 Å². The molecule has 0 aliphatic heterocycles. The molecule has 0 aliphatic carbocycles. The van der Waals surface area contributed by atoms with Gasteiger partial charge in [-0.3, -0.25) is 0 Å². The van der Waals surface area contributed by atoms with Crippen molar-refractivity contribution in [2.45, 2.75) is 22.2 Å². The Morgan fingerprint density at radius 1 is 1.39 bits per heavy atom. The first kappa shape index (κ1) is 15.1. The molecular formula is C9H5ClF3NO2S2. The van der Waals surface area contributed by atoms with E-state index in [2.05, 4.69) is 0 Å². The normalized spacial score (nSPS) is 12.2. The largest absolute Gasteiger partial charge is 0.446 e. The van der Waals surface area contributed by atoms with Crippen LogP contribution in [-0.2, 0) is 9.05 Å². The molecule has 1 aromatic carbocycles. The molecule has 0 saturated carbocycles. The smallest absolute Gasteiger partial charge is 0.207 e. The highest BCUT2D eigenvalue weighted by Crippen LogP contribution is 2.42. The van der Waals surface area contributed by atoms with Crippen molar-refractivity contribution in [3.05, 3.63) is 23.3 Å². The van der Waals surface area contributed by atoms with Crippen LogP contribution >= 0.6 is 22.4 Å². The molecule has 0 spiro atoms. The number of rotatable bonds is 2. The Balaban J connectivity index is 3.60. The fourth-order valence-corrected chi connectivity index (χ4v) is 3.73. The highest BCUT2D eigenvalue weighted by Gasteiger charge is 2.33. The zero-order chi connectivity index (χ0) is 14.1. The molecule has 1 aromatic rings. The SMILES string of the molecule is Cc1cc(C#N)c(S(=O)(=O)Cl)c(SC(F)(F)F)c1. The summed E-state index contributed by atoms with van der Waals surface area (Å²) in [6, 6.07) is 3.71. The van der Waals surface area contributed by atoms with Crippen LogP contribution in [0.5, 0.6) is 0 Å². The Morgan fingerprint density at radius 2 is 1.94 bits per heavy atom. The number of halogens is 4. The molecule has 3 nitrogen and oxygen atoms in total. The molecule has 0 N–H and O–H groups in total. The standard InChI is InChI=1S/C9H5ClF3NO2S2/c1-5-2-6(4-14)8(18(10,15)16)7(3-5)17-9(11,12)13/h2-3H,1H3. The summed E-state index contributed by atoms with van der Waals surface area (Å²) in [5.74, 6) is 0. The van der Waals surface area contributed by atoms with Crippen molar-refractivity contribution in [2.75, 3.05) is 0 Å². The van der Waals surface area contributed by atoms with Crippen molar-refractivity contribution in [1.82, 2.24) is 0 Å². The van der Waals surface area contributed by atoms with E-state index < -0.39 is 41.7 Å². The summed E-state index contributed by atoms with van der Waals surface area (Å²) in [7, 11) is 0.633. The fourth-order valence-electron chi connectivity index (χ4n) is 1.27. The molecule has 0 aromatic heterocycles. The number of nitriles is 1. The van der Waals surface area contributed by atoms with E-state index >= 15 is 0 Å². The summed E-state index contributed by atoms with van der Waals surface area (Å²) >= 11 is -0.617. The monoisotopic (exact) mass is 315 g/mol. The minimum absolute atomic E-state index is 0.336. The quantitative estimate of drug-likeness (QED) is 0.620. The third kappa shape index (κ3) is 3.80. The summed E-state index contributed by atoms with van der Waals surface area (Å²) in [6.07, 6.45) is 0. The van der Waals surface area contributed by atoms with Crippen LogP contribution in [0.1, 0.15) is 11.1 Å². The van der Waals surface area contributed by atoms with Gasteiger partial charge in [0.25, 0.3) is 9.05 Å². The second-order valence-corrected chi connectivity index (χ2v) is 6.85. The lowest BCUT2D eigenvalue weighted by atomic mass is 10.1. The second-order valence-electron chi connectivity index (χ2n) is 3.24. The number of nitrogens with zero attached hydrogens (tertiary/aromatic N) is 1. The molecule has 98 valence electrons. The van der Waals surface area contributed by atoms with Gasteiger partial charge in [0.15, 0.2) is 0 Å². The van der Waals surface area contributed by atoms with Crippen molar-refractivity contribution in [1.29, 1.82) is 5.26 Å². The lowest BCUT2D eigenvalue weighted by Gasteiger charge is -2.11. The predicted octanol–water partition coefficient (Wildman–Crippen LogP) is 3.41. The molecule has 0 heterocycles. The maximum Gasteiger partial charge on any atom is 0.446 e. The van der Waals surface area contributed by atoms with Gasteiger partial charge in [-0.15, -0.1) is 0 Å². The summed E-state index contributed by atoms with van der Waals surface area (Å²) < 4.78 is 59.5. The molecule has 0 amide bonds. The molecule has 0 bridgehead atoms. The third-order valence-corrected chi connectivity index (χ3v) is 4.08. The van der Waals surface area contributed by atoms with Crippen molar-refractivity contribution < 1.29 is 21.6 Å². The molecule has 0 radical (unpaired) electrons. The van der Waals surface area contributed by atoms with Gasteiger partial charge in [-0.25, -0.2) is 8.42 Å². The van der Waals surface area contributed by atoms with Gasteiger partial charge in [-0.05, 0) is 36.4 Å². The van der Waals surface area contributed by atoms with Crippen LogP contribution in [0.4, 0.5) is 13.2 Å². The van der Waals surface area contributed by atoms with E-state index in [9.17, 15) is 21.6 Å². The van der Waals surface area contributed by atoms with E-state index in [4.69, 9.17) is 15.9 Å². The first-order chi connectivity index (χ1) is 8.04. The lowest BCUT2D eigenvalue weighted by molar-refractivity contribution is -0.0328. The van der Waals surface area contributed by atoms with Gasteiger partial charge in [0.2, 0.25) is 0 Å². The van der Waals surface area contributed by atoms with Crippen LogP contribution in [0.15, 0.2) is 21.9 Å². The number of benzene rings is 1. The van der Waals surface area contributed by atoms with E-state index in [1.165, 1.54) is 13.0 Å². The van der Waals surface area contributed by atoms with Gasteiger partial charge >= 0.3 is 5.51 Å². The van der Waals surface area contributed by atoms with Crippen LogP contribution in [0.3, 0.4) is 0 Å². The van der Waals surface area contributed by atoms with Gasteiger partial charge in [-0.1, -0.05) is 0 Å². The minimum Gasteiger partial charge on any atom is -0.207 e. The molecule has 1 rings (SSSR count). The van der Waals surface area contributed by atoms with Gasteiger partial charge < -0.3 is 0 Å². The molecule has 0 saturated heterocycles. The molecule has 0 unspecified atom stereocenters. The van der Waals surface area contributed by atoms with Gasteiger partial charge in [0.05, 0.1) is 5.56 Å². The minimum atomic E-state index is -4.67. The van der Waals surface area contributed by atoms with E-state index in [-0.39, 0.29) is 0 Å². The molecular weight excluding hydrogens is 311 g/mol. The Hall–Kier alpha value is -0.910. The summed E-state index contributed by atoms with van der Waals surface area (Å²) in [5.41, 5.74) is -4.74. The molecule has 0 aliphatic rings. The van der Waals surface area contributed by atoms with Crippen LogP contribution < -0.4 is 0 Å². The summed E-state index contributed by atoms with van der Waals surface area (Å²) in [6.45, 7) is 1.45. The second kappa shape index (κ2) is 4.99. The third-order valence-electron chi connectivity index (χ3n) is 1.79. The highest BCUT2D eigenvalue weighted by molar-refractivity contribution is 8.14. The van der Waals surface area contributed by atoms with Crippen molar-refractivity contribution in [3.8, 4) is 6.07 Å². The Bertz CT molecular complexity index is 620. The van der Waals surface area contributed by atoms with Crippen molar-refractivity contribution in [2.24, 2.45) is 0 Å². The maximum atomic E-state index is 12.3. The Morgan fingerprint density at radius 3 is 2.33 bits per heavy atom. The molecule has 0 atom stereocenters. The first-order valence-corrected chi connectivity index (χ1v) is 7.42. The van der Waals surface area contributed by atoms with Crippen LogP contribution in [0.2, 0.25) is 0 Å². The Kier molecular flexibility index (Phi) is 4.20. The van der Waals surface area contributed by atoms with E-state index in [0.29, 0.717) is 5.56 Å². The highest BCUT2D eigenvalue weighted by atomic mass is 35.7. The number of thioether (sulfide) groups is 1. The van der Waals surface area contributed by atoms with Crippen molar-refractivity contribution >= 4 is 31.5 Å². The van der Waals surface area contributed by atoms with Crippen molar-refractivity contribution in [3.63, 3.8) is 0 Å². The van der Waals surface area contributed by atoms with Crippen LogP contribution in [0.25, 0.3) is 0 Å². The zero-order valence-corrected chi connectivity index (χ0v) is 11.1. The van der Waals surface area contributed by atoms with Gasteiger partial charge in [-0.2, -0.15) is 18.4 Å². The first-order valence-electron chi connectivity index (χ1n) is 4.30. The van der Waals surface area contributed by atoms with Crippen LogP contribution in [0, 0.1) is 18.3 Å². The zero-order valence-electron chi connectivity index (χ0n) is 8.75. The number of aryl methyl sites for hydroxylation is 1. The van der Waals surface area contributed by atoms with E-state index in [0.717, 1.165) is 12.1 Å².